The van der Waals surface area contributed by atoms with Crippen LogP contribution in [0.3, 0.4) is 0 Å². The average Bonchev–Trinajstić information content (AvgIpc) is 3.46. The smallest absolute Gasteiger partial charge is 0.354 e. The lowest BCUT2D eigenvalue weighted by molar-refractivity contribution is -0.119. The molecule has 1 heterocycles. The maximum absolute atomic E-state index is 13.3. The summed E-state index contributed by atoms with van der Waals surface area (Å²) in [6.07, 6.45) is 6.00. The topological polar surface area (TPSA) is 108 Å². The van der Waals surface area contributed by atoms with Crippen molar-refractivity contribution in [2.24, 2.45) is 4.36 Å². The molecular formula is C25H29N3O4S. The van der Waals surface area contributed by atoms with Gasteiger partial charge in [0.1, 0.15) is 9.92 Å². The zero-order chi connectivity index (χ0) is 23.4. The molecule has 8 heteroatoms. The Hall–Kier alpha value is -2.71. The highest BCUT2D eigenvalue weighted by Crippen LogP contribution is 2.38. The van der Waals surface area contributed by atoms with Crippen LogP contribution in [0.4, 0.5) is 10.5 Å². The van der Waals surface area contributed by atoms with Gasteiger partial charge in [0.15, 0.2) is 0 Å². The van der Waals surface area contributed by atoms with E-state index in [-0.39, 0.29) is 5.75 Å². The molecule has 1 aliphatic heterocycles. The number of carbonyl (C=O) groups is 2. The number of hydrogen-bond donors (Lipinski definition) is 3. The number of aryl methyl sites for hydroxylation is 2. The lowest BCUT2D eigenvalue weighted by atomic mass is 9.92. The Morgan fingerprint density at radius 1 is 1.12 bits per heavy atom. The highest BCUT2D eigenvalue weighted by molar-refractivity contribution is 7.93. The Kier molecular flexibility index (Phi) is 5.33. The number of amides is 3. The second-order valence-electron chi connectivity index (χ2n) is 9.77. The third-order valence-electron chi connectivity index (χ3n) is 6.90. The third kappa shape index (κ3) is 4.17. The molecule has 174 valence electrons. The first-order chi connectivity index (χ1) is 15.6. The quantitative estimate of drug-likeness (QED) is 0.639. The Morgan fingerprint density at radius 3 is 2.42 bits per heavy atom. The van der Waals surface area contributed by atoms with Crippen LogP contribution in [0.25, 0.3) is 0 Å². The van der Waals surface area contributed by atoms with Gasteiger partial charge in [-0.3, -0.25) is 9.52 Å². The van der Waals surface area contributed by atoms with Gasteiger partial charge >= 0.3 is 6.03 Å². The van der Waals surface area contributed by atoms with Crippen molar-refractivity contribution in [3.63, 3.8) is 0 Å². The normalized spacial score (nSPS) is 23.7. The van der Waals surface area contributed by atoms with Gasteiger partial charge in [0, 0.05) is 5.69 Å². The van der Waals surface area contributed by atoms with Crippen molar-refractivity contribution < 1.29 is 18.9 Å². The molecule has 3 amide bonds. The Balaban J connectivity index is 1.41. The van der Waals surface area contributed by atoms with Crippen molar-refractivity contribution in [2.45, 2.75) is 63.9 Å². The summed E-state index contributed by atoms with van der Waals surface area (Å²) in [5.41, 5.74) is 6.00. The summed E-state index contributed by atoms with van der Waals surface area (Å²) >= 11 is 0. The van der Waals surface area contributed by atoms with Gasteiger partial charge in [0.05, 0.1) is 17.3 Å². The number of nitrogens with zero attached hydrogens (tertiary/aromatic N) is 1. The van der Waals surface area contributed by atoms with Gasteiger partial charge in [0.2, 0.25) is 5.91 Å². The van der Waals surface area contributed by atoms with Crippen LogP contribution in [0.5, 0.6) is 0 Å². The molecule has 0 radical (unpaired) electrons. The predicted molar refractivity (Wildman–Crippen MR) is 128 cm³/mol. The van der Waals surface area contributed by atoms with E-state index in [0.29, 0.717) is 11.1 Å². The van der Waals surface area contributed by atoms with Crippen LogP contribution in [-0.4, -0.2) is 27.0 Å². The molecule has 3 N–H and O–H groups in total. The fraction of sp³-hybridized carbons (Fsp3) is 0.440. The van der Waals surface area contributed by atoms with Gasteiger partial charge < -0.3 is 10.4 Å². The fourth-order valence-electron chi connectivity index (χ4n) is 5.25. The number of anilines is 1. The van der Waals surface area contributed by atoms with Crippen LogP contribution in [0.1, 0.15) is 66.0 Å². The van der Waals surface area contributed by atoms with Gasteiger partial charge in [-0.05, 0) is 85.8 Å². The van der Waals surface area contributed by atoms with Crippen molar-refractivity contribution in [1.82, 2.24) is 4.72 Å². The Morgan fingerprint density at radius 2 is 1.79 bits per heavy atom. The first-order valence-corrected chi connectivity index (χ1v) is 13.2. The molecule has 7 nitrogen and oxygen atoms in total. The van der Waals surface area contributed by atoms with Gasteiger partial charge in [-0.15, -0.1) is 4.36 Å². The second kappa shape index (κ2) is 7.95. The van der Waals surface area contributed by atoms with Crippen LogP contribution in [0, 0.1) is 0 Å². The van der Waals surface area contributed by atoms with Crippen molar-refractivity contribution in [3.05, 3.63) is 63.7 Å². The molecule has 2 aromatic rings. The molecule has 2 aliphatic carbocycles. The molecule has 0 bridgehead atoms. The average molecular weight is 468 g/mol. The van der Waals surface area contributed by atoms with E-state index < -0.39 is 33.4 Å². The van der Waals surface area contributed by atoms with Crippen LogP contribution in [-0.2, 0) is 46.0 Å². The summed E-state index contributed by atoms with van der Waals surface area (Å²) in [4.78, 5) is 25.5. The summed E-state index contributed by atoms with van der Waals surface area (Å²) in [7, 11) is -3.25. The molecule has 1 saturated heterocycles. The van der Waals surface area contributed by atoms with Crippen molar-refractivity contribution >= 4 is 27.5 Å². The van der Waals surface area contributed by atoms with Crippen molar-refractivity contribution in [2.75, 3.05) is 11.1 Å². The molecule has 0 saturated carbocycles. The summed E-state index contributed by atoms with van der Waals surface area (Å²) in [5, 5.41) is 13.2. The number of benzene rings is 2. The molecule has 33 heavy (non-hydrogen) atoms. The summed E-state index contributed by atoms with van der Waals surface area (Å²) in [6.45, 7) is 3.33. The van der Waals surface area contributed by atoms with E-state index >= 15 is 0 Å². The van der Waals surface area contributed by atoms with Crippen LogP contribution < -0.4 is 10.0 Å². The largest absolute Gasteiger partial charge is 0.386 e. The molecule has 0 spiro atoms. The van der Waals surface area contributed by atoms with E-state index in [1.807, 2.05) is 0 Å². The van der Waals surface area contributed by atoms with Gasteiger partial charge in [-0.25, -0.2) is 9.00 Å². The van der Waals surface area contributed by atoms with E-state index in [9.17, 15) is 18.9 Å². The number of aliphatic hydroxyl groups is 1. The zero-order valence-corrected chi connectivity index (χ0v) is 19.8. The van der Waals surface area contributed by atoms with E-state index in [1.54, 1.807) is 38.1 Å². The van der Waals surface area contributed by atoms with E-state index in [0.717, 1.165) is 44.2 Å². The van der Waals surface area contributed by atoms with Crippen LogP contribution >= 0.6 is 0 Å². The maximum Gasteiger partial charge on any atom is 0.354 e. The predicted octanol–water partition coefficient (Wildman–Crippen LogP) is 3.72. The van der Waals surface area contributed by atoms with Crippen LogP contribution in [0.2, 0.25) is 0 Å². The number of nitrogens with one attached hydrogen (secondary N) is 2. The minimum atomic E-state index is -3.25. The third-order valence-corrected chi connectivity index (χ3v) is 8.67. The molecule has 2 unspecified atom stereocenters. The van der Waals surface area contributed by atoms with Crippen molar-refractivity contribution in [3.8, 4) is 0 Å². The molecular weight excluding hydrogens is 438 g/mol. The van der Waals surface area contributed by atoms with Gasteiger partial charge in [-0.1, -0.05) is 30.3 Å². The highest BCUT2D eigenvalue weighted by atomic mass is 32.2. The Bertz CT molecular complexity index is 1250. The molecule has 0 aromatic heterocycles. The monoisotopic (exact) mass is 467 g/mol. The lowest BCUT2D eigenvalue weighted by Gasteiger charge is -2.19. The van der Waals surface area contributed by atoms with E-state index in [2.05, 4.69) is 20.5 Å². The maximum atomic E-state index is 13.3. The Labute approximate surface area is 194 Å². The first-order valence-electron chi connectivity index (χ1n) is 11.5. The van der Waals surface area contributed by atoms with Gasteiger partial charge in [0.25, 0.3) is 0 Å². The highest BCUT2D eigenvalue weighted by Gasteiger charge is 2.36. The van der Waals surface area contributed by atoms with Crippen LogP contribution in [0.15, 0.2) is 34.7 Å². The molecule has 3 aliphatic rings. The SMILES string of the molecule is CC(C)(O)c1cccc(C2CS(=O)(=NC(=O)Nc3c4c(cc5c3CCC5)CCC4)NC2=O)c1. The molecule has 1 fully saturated rings. The van der Waals surface area contributed by atoms with Gasteiger partial charge in [-0.2, -0.15) is 0 Å². The molecule has 2 aromatic carbocycles. The summed E-state index contributed by atoms with van der Waals surface area (Å²) in [6, 6.07) is 8.65. The fourth-order valence-corrected chi connectivity index (χ4v) is 7.02. The number of carbonyl (C=O) groups excluding carboxylic acids is 2. The minimum absolute atomic E-state index is 0.0838. The lowest BCUT2D eigenvalue weighted by Crippen LogP contribution is -2.24. The second-order valence-corrected chi connectivity index (χ2v) is 11.8. The summed E-state index contributed by atoms with van der Waals surface area (Å²) in [5.74, 6) is -1.20. The molecule has 5 rings (SSSR count). The standard InChI is InChI=1S/C25H29N3O4S/c1-25(2,31)18-9-3-6-17(13-18)21-14-33(32,27-23(21)29)28-24(30)26-22-19-10-4-7-15(19)12-16-8-5-11-20(16)22/h3,6,9,12-13,21,31H,4-5,7-8,10-11,14H2,1-2H3,(H2,26,27,28,29,30,32). The summed E-state index contributed by atoms with van der Waals surface area (Å²) < 4.78 is 19.7. The van der Waals surface area contributed by atoms with Crippen molar-refractivity contribution in [1.29, 1.82) is 0 Å². The number of fused-ring (bicyclic) bond motifs is 2. The number of rotatable bonds is 3. The molecule has 2 atom stereocenters. The minimum Gasteiger partial charge on any atom is -0.386 e. The number of urea groups is 1. The number of hydrogen-bond acceptors (Lipinski definition) is 4. The van der Waals surface area contributed by atoms with E-state index in [4.69, 9.17) is 0 Å². The van der Waals surface area contributed by atoms with E-state index in [1.165, 1.54) is 22.3 Å². The first kappa shape index (κ1) is 22.1. The zero-order valence-electron chi connectivity index (χ0n) is 18.9.